The van der Waals surface area contributed by atoms with Crippen molar-refractivity contribution in [1.82, 2.24) is 10.6 Å². The molecule has 0 amide bonds. The molecule has 0 bridgehead atoms. The highest BCUT2D eigenvalue weighted by atomic mass is 32.2. The van der Waals surface area contributed by atoms with Crippen molar-refractivity contribution in [2.24, 2.45) is 0 Å². The molecule has 0 radical (unpaired) electrons. The number of nitrogen functional groups attached to an aromatic ring is 1. The number of thioether (sulfide) groups is 1. The number of benzene rings is 1. The van der Waals surface area contributed by atoms with Crippen LogP contribution >= 0.6 is 24.0 Å². The van der Waals surface area contributed by atoms with Gasteiger partial charge in [0, 0.05) is 30.8 Å². The summed E-state index contributed by atoms with van der Waals surface area (Å²) in [5.41, 5.74) is 7.91. The van der Waals surface area contributed by atoms with Gasteiger partial charge in [0.25, 0.3) is 0 Å². The molecule has 16 heavy (non-hydrogen) atoms. The molecule has 0 heterocycles. The monoisotopic (exact) mass is 255 g/mol. The Balaban J connectivity index is 2.17. The van der Waals surface area contributed by atoms with Gasteiger partial charge in [0.05, 0.1) is 0 Å². The SMILES string of the molecule is CNC(=S)NCCSCc1ccccc1N. The first kappa shape index (κ1) is 13.1. The minimum absolute atomic E-state index is 0.694. The molecule has 0 atom stereocenters. The first-order chi connectivity index (χ1) is 7.74. The highest BCUT2D eigenvalue weighted by Gasteiger charge is 1.97. The Morgan fingerprint density at radius 2 is 2.19 bits per heavy atom. The van der Waals surface area contributed by atoms with Gasteiger partial charge in [0.1, 0.15) is 0 Å². The van der Waals surface area contributed by atoms with E-state index in [-0.39, 0.29) is 0 Å². The van der Waals surface area contributed by atoms with E-state index in [0.717, 1.165) is 23.7 Å². The van der Waals surface area contributed by atoms with Crippen molar-refractivity contribution >= 4 is 34.8 Å². The number of nitrogens with two attached hydrogens (primary N) is 1. The van der Waals surface area contributed by atoms with E-state index in [0.29, 0.717) is 5.11 Å². The van der Waals surface area contributed by atoms with Gasteiger partial charge < -0.3 is 16.4 Å². The maximum absolute atomic E-state index is 5.85. The molecular formula is C11H17N3S2. The van der Waals surface area contributed by atoms with E-state index in [1.54, 1.807) is 0 Å². The molecule has 5 heteroatoms. The second-order valence-electron chi connectivity index (χ2n) is 3.26. The van der Waals surface area contributed by atoms with Gasteiger partial charge in [-0.3, -0.25) is 0 Å². The third kappa shape index (κ3) is 4.72. The molecule has 1 aromatic rings. The van der Waals surface area contributed by atoms with E-state index in [1.165, 1.54) is 5.56 Å². The van der Waals surface area contributed by atoms with Crippen molar-refractivity contribution < 1.29 is 0 Å². The second kappa shape index (κ2) is 7.35. The maximum atomic E-state index is 5.85. The molecule has 4 N–H and O–H groups in total. The van der Waals surface area contributed by atoms with Gasteiger partial charge in [-0.25, -0.2) is 0 Å². The molecule has 0 spiro atoms. The van der Waals surface area contributed by atoms with Crippen LogP contribution in [0.1, 0.15) is 5.56 Å². The fraction of sp³-hybridized carbons (Fsp3) is 0.364. The van der Waals surface area contributed by atoms with Crippen LogP contribution in [0.4, 0.5) is 5.69 Å². The topological polar surface area (TPSA) is 50.1 Å². The zero-order chi connectivity index (χ0) is 11.8. The average Bonchev–Trinajstić information content (AvgIpc) is 2.30. The van der Waals surface area contributed by atoms with Crippen LogP contribution in [-0.2, 0) is 5.75 Å². The predicted octanol–water partition coefficient (Wildman–Crippen LogP) is 1.60. The largest absolute Gasteiger partial charge is 0.398 e. The highest BCUT2D eigenvalue weighted by molar-refractivity contribution is 7.98. The number of hydrogen-bond donors (Lipinski definition) is 3. The van der Waals surface area contributed by atoms with Gasteiger partial charge in [-0.05, 0) is 23.8 Å². The predicted molar refractivity (Wildman–Crippen MR) is 76.7 cm³/mol. The molecule has 0 aromatic heterocycles. The summed E-state index contributed by atoms with van der Waals surface area (Å²) in [5, 5.41) is 6.67. The third-order valence-electron chi connectivity index (χ3n) is 2.07. The standard InChI is InChI=1S/C11H17N3S2/c1-13-11(15)14-6-7-16-8-9-4-2-3-5-10(9)12/h2-5H,6-8,12H2,1H3,(H2,13,14,15). The smallest absolute Gasteiger partial charge is 0.166 e. The van der Waals surface area contributed by atoms with Crippen molar-refractivity contribution in [3.05, 3.63) is 29.8 Å². The summed E-state index contributed by atoms with van der Waals surface area (Å²) in [6.07, 6.45) is 0. The number of hydrogen-bond acceptors (Lipinski definition) is 3. The highest BCUT2D eigenvalue weighted by Crippen LogP contribution is 2.17. The van der Waals surface area contributed by atoms with Crippen LogP contribution in [-0.4, -0.2) is 24.5 Å². The molecule has 0 unspecified atom stereocenters. The lowest BCUT2D eigenvalue weighted by molar-refractivity contribution is 0.943. The van der Waals surface area contributed by atoms with E-state index >= 15 is 0 Å². The minimum Gasteiger partial charge on any atom is -0.398 e. The number of rotatable bonds is 5. The first-order valence-electron chi connectivity index (χ1n) is 5.10. The van der Waals surface area contributed by atoms with E-state index in [2.05, 4.69) is 16.7 Å². The number of anilines is 1. The normalized spacial score (nSPS) is 9.81. The van der Waals surface area contributed by atoms with Crippen LogP contribution in [0.25, 0.3) is 0 Å². The Morgan fingerprint density at radius 3 is 2.88 bits per heavy atom. The summed E-state index contributed by atoms with van der Waals surface area (Å²) < 4.78 is 0. The molecule has 1 rings (SSSR count). The minimum atomic E-state index is 0.694. The Hall–Kier alpha value is -0.940. The van der Waals surface area contributed by atoms with Crippen LogP contribution in [0.15, 0.2) is 24.3 Å². The van der Waals surface area contributed by atoms with Crippen LogP contribution in [0.3, 0.4) is 0 Å². The average molecular weight is 255 g/mol. The molecule has 3 nitrogen and oxygen atoms in total. The lowest BCUT2D eigenvalue weighted by Crippen LogP contribution is -2.33. The van der Waals surface area contributed by atoms with Crippen LogP contribution in [0.5, 0.6) is 0 Å². The van der Waals surface area contributed by atoms with Crippen LogP contribution < -0.4 is 16.4 Å². The summed E-state index contributed by atoms with van der Waals surface area (Å²) in [7, 11) is 1.81. The molecular weight excluding hydrogens is 238 g/mol. The second-order valence-corrected chi connectivity index (χ2v) is 4.77. The van der Waals surface area contributed by atoms with Gasteiger partial charge in [-0.1, -0.05) is 18.2 Å². The Morgan fingerprint density at radius 1 is 1.44 bits per heavy atom. The van der Waals surface area contributed by atoms with Crippen LogP contribution in [0.2, 0.25) is 0 Å². The maximum Gasteiger partial charge on any atom is 0.166 e. The molecule has 0 saturated carbocycles. The van der Waals surface area contributed by atoms with E-state index in [9.17, 15) is 0 Å². The Labute approximate surface area is 106 Å². The van der Waals surface area contributed by atoms with E-state index in [4.69, 9.17) is 18.0 Å². The fourth-order valence-electron chi connectivity index (χ4n) is 1.17. The molecule has 1 aromatic carbocycles. The number of thiocarbonyl (C=S) groups is 1. The zero-order valence-electron chi connectivity index (χ0n) is 9.32. The van der Waals surface area contributed by atoms with E-state index < -0.39 is 0 Å². The lowest BCUT2D eigenvalue weighted by Gasteiger charge is -2.07. The van der Waals surface area contributed by atoms with E-state index in [1.807, 2.05) is 37.0 Å². The van der Waals surface area contributed by atoms with Crippen molar-refractivity contribution in [1.29, 1.82) is 0 Å². The Bertz CT molecular complexity index is 342. The van der Waals surface area contributed by atoms with Gasteiger partial charge in [0.15, 0.2) is 5.11 Å². The number of para-hydroxylation sites is 1. The molecule has 0 saturated heterocycles. The number of nitrogens with one attached hydrogen (secondary N) is 2. The Kier molecular flexibility index (Phi) is 6.03. The van der Waals surface area contributed by atoms with Gasteiger partial charge >= 0.3 is 0 Å². The summed E-state index contributed by atoms with van der Waals surface area (Å²) >= 11 is 6.81. The molecule has 88 valence electrons. The fourth-order valence-corrected chi connectivity index (χ4v) is 2.15. The molecule has 0 aliphatic carbocycles. The van der Waals surface area contributed by atoms with Gasteiger partial charge in [-0.2, -0.15) is 11.8 Å². The molecule has 0 aliphatic rings. The van der Waals surface area contributed by atoms with Gasteiger partial charge in [0.2, 0.25) is 0 Å². The van der Waals surface area contributed by atoms with Gasteiger partial charge in [-0.15, -0.1) is 0 Å². The van der Waals surface area contributed by atoms with Crippen molar-refractivity contribution in [3.63, 3.8) is 0 Å². The molecule has 0 aliphatic heterocycles. The summed E-state index contributed by atoms with van der Waals surface area (Å²) in [6.45, 7) is 0.872. The summed E-state index contributed by atoms with van der Waals surface area (Å²) in [4.78, 5) is 0. The zero-order valence-corrected chi connectivity index (χ0v) is 11.0. The quantitative estimate of drug-likeness (QED) is 0.424. The third-order valence-corrected chi connectivity index (χ3v) is 3.43. The molecule has 0 fully saturated rings. The van der Waals surface area contributed by atoms with Crippen molar-refractivity contribution in [2.45, 2.75) is 5.75 Å². The summed E-state index contributed by atoms with van der Waals surface area (Å²) in [6, 6.07) is 7.97. The summed E-state index contributed by atoms with van der Waals surface area (Å²) in [5.74, 6) is 1.96. The first-order valence-corrected chi connectivity index (χ1v) is 6.67. The lowest BCUT2D eigenvalue weighted by atomic mass is 10.2. The van der Waals surface area contributed by atoms with Crippen molar-refractivity contribution in [3.8, 4) is 0 Å². The van der Waals surface area contributed by atoms with Crippen LogP contribution in [0, 0.1) is 0 Å². The van der Waals surface area contributed by atoms with Crippen molar-refractivity contribution in [2.75, 3.05) is 25.1 Å².